The zero-order valence-corrected chi connectivity index (χ0v) is 11.5. The van der Waals surface area contributed by atoms with Crippen molar-refractivity contribution in [2.24, 2.45) is 0 Å². The number of fused-ring (bicyclic) bond motifs is 1. The lowest BCUT2D eigenvalue weighted by Crippen LogP contribution is -1.96. The predicted octanol–water partition coefficient (Wildman–Crippen LogP) is 3.62. The minimum Gasteiger partial charge on any atom is -0.212 e. The summed E-state index contributed by atoms with van der Waals surface area (Å²) in [6.07, 6.45) is 2.04. The van der Waals surface area contributed by atoms with Gasteiger partial charge in [0.15, 0.2) is 0 Å². The van der Waals surface area contributed by atoms with Gasteiger partial charge in [0.25, 0.3) is 0 Å². The van der Waals surface area contributed by atoms with Gasteiger partial charge in [-0.2, -0.15) is 0 Å². The molecule has 0 aromatic heterocycles. The molecular weight excluding hydrogens is 252 g/mol. The summed E-state index contributed by atoms with van der Waals surface area (Å²) in [6, 6.07) is 18.5. The smallest absolute Gasteiger partial charge is 0.0971 e. The molecule has 0 saturated carbocycles. The van der Waals surface area contributed by atoms with Gasteiger partial charge in [-0.3, -0.25) is 0 Å². The van der Waals surface area contributed by atoms with Crippen molar-refractivity contribution in [1.29, 1.82) is 0 Å². The van der Waals surface area contributed by atoms with Crippen LogP contribution < -0.4 is 0 Å². The molecule has 1 nitrogen and oxygen atoms in total. The summed E-state index contributed by atoms with van der Waals surface area (Å²) in [7, 11) is 0. The van der Waals surface area contributed by atoms with Gasteiger partial charge in [0.1, 0.15) is 0 Å². The monoisotopic (exact) mass is 266 g/mol. The lowest BCUT2D eigenvalue weighted by molar-refractivity contribution is 0.701. The van der Waals surface area contributed by atoms with Crippen LogP contribution in [0.1, 0.15) is 29.5 Å². The lowest BCUT2D eigenvalue weighted by atomic mass is 9.89. The first-order valence-electron chi connectivity index (χ1n) is 6.34. The highest BCUT2D eigenvalue weighted by atomic mass is 32.1. The number of rotatable bonds is 2. The van der Waals surface area contributed by atoms with Crippen molar-refractivity contribution in [3.63, 3.8) is 0 Å². The van der Waals surface area contributed by atoms with E-state index in [0.717, 1.165) is 10.4 Å². The Kier molecular flexibility index (Phi) is 3.18. The van der Waals surface area contributed by atoms with Crippen LogP contribution in [0.25, 0.3) is 5.57 Å². The van der Waals surface area contributed by atoms with Crippen molar-refractivity contribution in [3.05, 3.63) is 77.4 Å². The Morgan fingerprint density at radius 3 is 2.21 bits per heavy atom. The van der Waals surface area contributed by atoms with Crippen molar-refractivity contribution in [3.8, 4) is 0 Å². The molecule has 2 aromatic carbocycles. The highest BCUT2D eigenvalue weighted by Crippen LogP contribution is 2.37. The third-order valence-electron chi connectivity index (χ3n) is 3.65. The first-order chi connectivity index (χ1) is 9.31. The van der Waals surface area contributed by atoms with Crippen molar-refractivity contribution in [2.45, 2.75) is 12.8 Å². The molecule has 0 heterocycles. The Hall–Kier alpha value is -1.93. The van der Waals surface area contributed by atoms with Gasteiger partial charge in [-0.15, -0.1) is 0 Å². The first-order valence-corrected chi connectivity index (χ1v) is 7.08. The maximum absolute atomic E-state index is 11.2. The molecule has 0 bridgehead atoms. The van der Waals surface area contributed by atoms with Crippen LogP contribution in [0.2, 0.25) is 0 Å². The summed E-state index contributed by atoms with van der Waals surface area (Å²) in [5, 5.41) is 0. The zero-order valence-electron chi connectivity index (χ0n) is 10.7. The average molecular weight is 266 g/mol. The number of hydrogen-bond donors (Lipinski definition) is 0. The Balaban J connectivity index is 2.10. The van der Waals surface area contributed by atoms with Gasteiger partial charge < -0.3 is 0 Å². The van der Waals surface area contributed by atoms with Gasteiger partial charge in [-0.05, 0) is 22.8 Å². The molecule has 1 aliphatic carbocycles. The fourth-order valence-electron chi connectivity index (χ4n) is 2.59. The topological polar surface area (TPSA) is 17.1 Å². The van der Waals surface area contributed by atoms with E-state index >= 15 is 0 Å². The van der Waals surface area contributed by atoms with Gasteiger partial charge in [-0.1, -0.05) is 61.5 Å². The molecular formula is C17H14OS. The number of hydrogen-bond acceptors (Lipinski definition) is 1. The van der Waals surface area contributed by atoms with E-state index in [1.165, 1.54) is 16.7 Å². The maximum Gasteiger partial charge on any atom is 0.0971 e. The van der Waals surface area contributed by atoms with E-state index in [1.807, 2.05) is 30.3 Å². The first kappa shape index (κ1) is 12.1. The van der Waals surface area contributed by atoms with Crippen LogP contribution in [0, 0.1) is 0 Å². The maximum atomic E-state index is 11.2. The zero-order chi connectivity index (χ0) is 13.2. The van der Waals surface area contributed by atoms with Gasteiger partial charge in [0.05, 0.1) is 16.1 Å². The molecule has 0 amide bonds. The molecule has 1 unspecified atom stereocenters. The summed E-state index contributed by atoms with van der Waals surface area (Å²) < 4.78 is 11.2. The minimum absolute atomic E-state index is 0.298. The molecule has 2 heteroatoms. The lowest BCUT2D eigenvalue weighted by Gasteiger charge is -2.14. The second-order valence-electron chi connectivity index (χ2n) is 4.73. The molecule has 0 saturated heterocycles. The average Bonchev–Trinajstić information content (AvgIpc) is 2.86. The number of benzene rings is 2. The van der Waals surface area contributed by atoms with E-state index in [4.69, 9.17) is 0 Å². The summed E-state index contributed by atoms with van der Waals surface area (Å²) in [5.74, 6) is 0.298. The molecule has 0 spiro atoms. The molecule has 1 aliphatic rings. The van der Waals surface area contributed by atoms with Crippen LogP contribution in [0.5, 0.6) is 0 Å². The molecule has 0 radical (unpaired) electrons. The number of allylic oxidation sites excluding steroid dienone is 2. The van der Waals surface area contributed by atoms with Crippen molar-refractivity contribution >= 4 is 21.7 Å². The van der Waals surface area contributed by atoms with E-state index in [0.29, 0.717) is 17.2 Å². The fraction of sp³-hybridized carbons (Fsp3) is 0.118. The fourth-order valence-corrected chi connectivity index (χ4v) is 3.04. The summed E-state index contributed by atoms with van der Waals surface area (Å²) in [4.78, 5) is 0.827. The van der Waals surface area contributed by atoms with Crippen LogP contribution in [0.4, 0.5) is 0 Å². The van der Waals surface area contributed by atoms with Gasteiger partial charge in [-0.25, -0.2) is 4.21 Å². The minimum atomic E-state index is 0.298. The quantitative estimate of drug-likeness (QED) is 0.759. The molecule has 3 rings (SSSR count). The Labute approximate surface area is 116 Å². The standard InChI is InChI=1S/C17H14OS/c1-12(13-7-3-2-4-8-13)16-11-17(19-18)15-10-6-5-9-14(15)16/h2-12H,1H3. The highest BCUT2D eigenvalue weighted by Gasteiger charge is 2.23. The van der Waals surface area contributed by atoms with E-state index in [2.05, 4.69) is 37.3 Å². The molecule has 0 aliphatic heterocycles. The van der Waals surface area contributed by atoms with E-state index in [-0.39, 0.29) is 0 Å². The molecule has 0 fully saturated rings. The predicted molar refractivity (Wildman–Crippen MR) is 81.5 cm³/mol. The van der Waals surface area contributed by atoms with Crippen molar-refractivity contribution in [1.82, 2.24) is 0 Å². The van der Waals surface area contributed by atoms with Crippen LogP contribution in [-0.4, -0.2) is 9.07 Å². The second-order valence-corrected chi connectivity index (χ2v) is 5.33. The third kappa shape index (κ3) is 2.08. The van der Waals surface area contributed by atoms with E-state index < -0.39 is 0 Å². The Morgan fingerprint density at radius 1 is 0.895 bits per heavy atom. The molecule has 19 heavy (non-hydrogen) atoms. The van der Waals surface area contributed by atoms with Crippen LogP contribution >= 0.6 is 0 Å². The normalized spacial score (nSPS) is 14.8. The van der Waals surface area contributed by atoms with Gasteiger partial charge in [0, 0.05) is 11.5 Å². The summed E-state index contributed by atoms with van der Waals surface area (Å²) >= 11 is 0.582. The molecule has 94 valence electrons. The largest absolute Gasteiger partial charge is 0.212 e. The van der Waals surface area contributed by atoms with Crippen molar-refractivity contribution < 1.29 is 4.21 Å². The second kappa shape index (κ2) is 4.98. The molecule has 0 N–H and O–H groups in total. The SMILES string of the molecule is CC(C1=CC(=S=O)c2ccccc21)c1ccccc1. The van der Waals surface area contributed by atoms with E-state index in [9.17, 15) is 4.21 Å². The van der Waals surface area contributed by atoms with Gasteiger partial charge >= 0.3 is 0 Å². The van der Waals surface area contributed by atoms with Gasteiger partial charge in [0.2, 0.25) is 0 Å². The molecule has 1 atom stereocenters. The Morgan fingerprint density at radius 2 is 1.53 bits per heavy atom. The molecule has 2 aromatic rings. The highest BCUT2D eigenvalue weighted by molar-refractivity contribution is 7.67. The summed E-state index contributed by atoms with van der Waals surface area (Å²) in [6.45, 7) is 2.19. The van der Waals surface area contributed by atoms with Crippen LogP contribution in [0.15, 0.2) is 60.7 Å². The van der Waals surface area contributed by atoms with E-state index in [1.54, 1.807) is 0 Å². The third-order valence-corrected chi connectivity index (χ3v) is 4.16. The Bertz CT molecular complexity index is 694. The van der Waals surface area contributed by atoms with Crippen LogP contribution in [0.3, 0.4) is 0 Å². The van der Waals surface area contributed by atoms with Crippen molar-refractivity contribution in [2.75, 3.05) is 0 Å². The van der Waals surface area contributed by atoms with Crippen LogP contribution in [-0.2, 0) is 11.3 Å². The summed E-state index contributed by atoms with van der Waals surface area (Å²) in [5.41, 5.74) is 4.78.